The average Bonchev–Trinajstić information content (AvgIpc) is 3.44. The number of hydrogen-bond acceptors (Lipinski definition) is 4. The highest BCUT2D eigenvalue weighted by Gasteiger charge is 2.65. The van der Waals surface area contributed by atoms with Crippen LogP contribution in [0.2, 0.25) is 0 Å². The Hall–Kier alpha value is -2.23. The van der Waals surface area contributed by atoms with E-state index in [9.17, 15) is 14.4 Å². The topological polar surface area (TPSA) is 60.4 Å². The molecule has 0 heterocycles. The first kappa shape index (κ1) is 20.4. The van der Waals surface area contributed by atoms with Gasteiger partial charge in [-0.15, -0.1) is 0 Å². The lowest BCUT2D eigenvalue weighted by Crippen LogP contribution is -2.45. The molecule has 2 fully saturated rings. The van der Waals surface area contributed by atoms with Crippen LogP contribution in [0, 0.1) is 22.2 Å². The predicted octanol–water partition coefficient (Wildman–Crippen LogP) is 5.34. The van der Waals surface area contributed by atoms with Gasteiger partial charge in [0.2, 0.25) is 0 Å². The van der Waals surface area contributed by atoms with Gasteiger partial charge in [0.1, 0.15) is 17.8 Å². The lowest BCUT2D eigenvalue weighted by atomic mass is 9.52. The molecule has 0 radical (unpaired) electrons. The fourth-order valence-corrected chi connectivity index (χ4v) is 7.86. The Morgan fingerprint density at radius 1 is 1.09 bits per heavy atom. The van der Waals surface area contributed by atoms with Crippen LogP contribution in [0.3, 0.4) is 0 Å². The number of ketones is 2. The first-order chi connectivity index (χ1) is 15.3. The second kappa shape index (κ2) is 6.65. The van der Waals surface area contributed by atoms with Crippen molar-refractivity contribution in [2.45, 2.75) is 84.2 Å². The SMILES string of the molecule is CC12C=CC(=O)CC1=C[C@@H](C(=O)OC1CCCC1)C1=C2CCC23C(=O)CC[C@]2(C)CC=C13. The summed E-state index contributed by atoms with van der Waals surface area (Å²) in [6.45, 7) is 4.45. The second-order valence-corrected chi connectivity index (χ2v) is 11.3. The highest BCUT2D eigenvalue weighted by molar-refractivity contribution is 5.97. The van der Waals surface area contributed by atoms with E-state index < -0.39 is 11.3 Å². The van der Waals surface area contributed by atoms with Crippen LogP contribution in [0.15, 0.2) is 46.6 Å². The number of carbonyl (C=O) groups is 3. The van der Waals surface area contributed by atoms with Gasteiger partial charge < -0.3 is 4.74 Å². The van der Waals surface area contributed by atoms with Gasteiger partial charge in [0.25, 0.3) is 0 Å². The van der Waals surface area contributed by atoms with E-state index >= 15 is 0 Å². The van der Waals surface area contributed by atoms with Crippen LogP contribution in [0.4, 0.5) is 0 Å². The molecule has 2 unspecified atom stereocenters. The lowest BCUT2D eigenvalue weighted by Gasteiger charge is -2.50. The predicted molar refractivity (Wildman–Crippen MR) is 121 cm³/mol. The Morgan fingerprint density at radius 2 is 1.88 bits per heavy atom. The number of esters is 1. The van der Waals surface area contributed by atoms with Crippen molar-refractivity contribution in [2.24, 2.45) is 22.2 Å². The summed E-state index contributed by atoms with van der Waals surface area (Å²) in [6, 6.07) is 0. The normalized spacial score (nSPS) is 40.5. The minimum absolute atomic E-state index is 0.000342. The molecule has 4 atom stereocenters. The number of Topliss-reactive ketones (excluding diaryl/α,β-unsaturated/α-hetero) is 1. The number of hydrogen-bond donors (Lipinski definition) is 0. The first-order valence-electron chi connectivity index (χ1n) is 12.4. The summed E-state index contributed by atoms with van der Waals surface area (Å²) >= 11 is 0. The van der Waals surface area contributed by atoms with Crippen molar-refractivity contribution in [3.8, 4) is 0 Å². The minimum atomic E-state index is -0.507. The van der Waals surface area contributed by atoms with E-state index in [1.54, 1.807) is 6.08 Å². The molecule has 1 spiro atoms. The Labute approximate surface area is 189 Å². The van der Waals surface area contributed by atoms with Crippen LogP contribution in [0.25, 0.3) is 0 Å². The van der Waals surface area contributed by atoms with Crippen molar-refractivity contribution in [1.29, 1.82) is 0 Å². The van der Waals surface area contributed by atoms with Crippen LogP contribution in [-0.4, -0.2) is 23.6 Å². The number of rotatable bonds is 2. The van der Waals surface area contributed by atoms with Crippen molar-refractivity contribution < 1.29 is 19.1 Å². The van der Waals surface area contributed by atoms with Gasteiger partial charge in [0.15, 0.2) is 5.78 Å². The van der Waals surface area contributed by atoms with Gasteiger partial charge in [-0.1, -0.05) is 36.3 Å². The lowest BCUT2D eigenvalue weighted by molar-refractivity contribution is -0.151. The monoisotopic (exact) mass is 432 g/mol. The molecular weight excluding hydrogens is 400 g/mol. The van der Waals surface area contributed by atoms with E-state index in [1.165, 1.54) is 5.57 Å². The second-order valence-electron chi connectivity index (χ2n) is 11.3. The van der Waals surface area contributed by atoms with E-state index in [1.807, 2.05) is 12.2 Å². The molecule has 0 aromatic carbocycles. The van der Waals surface area contributed by atoms with Crippen LogP contribution >= 0.6 is 0 Å². The van der Waals surface area contributed by atoms with E-state index in [0.29, 0.717) is 18.6 Å². The molecule has 0 aromatic heterocycles. The molecule has 32 heavy (non-hydrogen) atoms. The smallest absolute Gasteiger partial charge is 0.317 e. The molecule has 6 rings (SSSR count). The highest BCUT2D eigenvalue weighted by Crippen LogP contribution is 2.69. The summed E-state index contributed by atoms with van der Waals surface area (Å²) in [6.07, 6.45) is 16.5. The molecule has 6 aliphatic rings. The Morgan fingerprint density at radius 3 is 2.66 bits per heavy atom. The third-order valence-corrected chi connectivity index (χ3v) is 9.77. The molecule has 0 aliphatic heterocycles. The molecule has 0 bridgehead atoms. The molecule has 2 saturated carbocycles. The van der Waals surface area contributed by atoms with Crippen molar-refractivity contribution in [1.82, 2.24) is 0 Å². The van der Waals surface area contributed by atoms with Crippen LogP contribution in [0.1, 0.15) is 78.1 Å². The zero-order valence-electron chi connectivity index (χ0n) is 19.2. The van der Waals surface area contributed by atoms with Crippen LogP contribution in [-0.2, 0) is 19.1 Å². The molecule has 168 valence electrons. The summed E-state index contributed by atoms with van der Waals surface area (Å²) in [7, 11) is 0. The van der Waals surface area contributed by atoms with Gasteiger partial charge in [-0.05, 0) is 80.9 Å². The molecule has 0 amide bonds. The van der Waals surface area contributed by atoms with Gasteiger partial charge in [0.05, 0.1) is 5.41 Å². The number of fused-ring (bicyclic) bond motifs is 3. The van der Waals surface area contributed by atoms with Crippen molar-refractivity contribution >= 4 is 17.5 Å². The molecule has 0 N–H and O–H groups in total. The van der Waals surface area contributed by atoms with Crippen molar-refractivity contribution in [2.75, 3.05) is 0 Å². The Kier molecular flexibility index (Phi) is 4.23. The van der Waals surface area contributed by atoms with Crippen LogP contribution < -0.4 is 0 Å². The standard InChI is InChI=1S/C28H32O4/c1-26-11-8-22-24-20(25(31)32-19-5-3-4-6-19)16-17-15-18(29)7-13-27(17,2)21(24)9-14-28(22,26)23(30)10-12-26/h7-8,13,16,19-20H,3-6,9-12,14-15H2,1-2H3/t20-,26+,27?,28?/m1/s1. The molecule has 0 aromatic rings. The zero-order chi connectivity index (χ0) is 22.3. The van der Waals surface area contributed by atoms with E-state index in [2.05, 4.69) is 19.9 Å². The van der Waals surface area contributed by atoms with Crippen molar-refractivity contribution in [3.63, 3.8) is 0 Å². The molecule has 6 aliphatic carbocycles. The fraction of sp³-hybridized carbons (Fsp3) is 0.607. The fourth-order valence-electron chi connectivity index (χ4n) is 7.86. The molecule has 4 nitrogen and oxygen atoms in total. The summed E-state index contributed by atoms with van der Waals surface area (Å²) in [4.78, 5) is 39.3. The van der Waals surface area contributed by atoms with E-state index in [-0.39, 0.29) is 28.7 Å². The average molecular weight is 433 g/mol. The summed E-state index contributed by atoms with van der Waals surface area (Å²) < 4.78 is 6.02. The summed E-state index contributed by atoms with van der Waals surface area (Å²) in [5, 5.41) is 0. The van der Waals surface area contributed by atoms with E-state index in [4.69, 9.17) is 4.74 Å². The Balaban J connectivity index is 1.50. The number of allylic oxidation sites excluding steroid dienone is 6. The third kappa shape index (κ3) is 2.47. The maximum atomic E-state index is 13.6. The van der Waals surface area contributed by atoms with Gasteiger partial charge in [-0.3, -0.25) is 14.4 Å². The summed E-state index contributed by atoms with van der Waals surface area (Å²) in [5.74, 6) is -0.260. The minimum Gasteiger partial charge on any atom is -0.462 e. The number of ether oxygens (including phenoxy) is 1. The zero-order valence-corrected chi connectivity index (χ0v) is 19.2. The van der Waals surface area contributed by atoms with Crippen molar-refractivity contribution in [3.05, 3.63) is 46.6 Å². The largest absolute Gasteiger partial charge is 0.462 e. The first-order valence-corrected chi connectivity index (χ1v) is 12.4. The Bertz CT molecular complexity index is 1060. The molecular formula is C28H32O4. The van der Waals surface area contributed by atoms with E-state index in [0.717, 1.165) is 68.1 Å². The third-order valence-electron chi connectivity index (χ3n) is 9.77. The van der Waals surface area contributed by atoms with Gasteiger partial charge in [0, 0.05) is 18.3 Å². The van der Waals surface area contributed by atoms with Crippen LogP contribution in [0.5, 0.6) is 0 Å². The highest BCUT2D eigenvalue weighted by atomic mass is 16.5. The quantitative estimate of drug-likeness (QED) is 0.436. The molecule has 4 heteroatoms. The molecule has 0 saturated heterocycles. The summed E-state index contributed by atoms with van der Waals surface area (Å²) in [5.41, 5.74) is 3.56. The maximum absolute atomic E-state index is 13.6. The van der Waals surface area contributed by atoms with Gasteiger partial charge >= 0.3 is 5.97 Å². The van der Waals surface area contributed by atoms with Gasteiger partial charge in [-0.2, -0.15) is 0 Å². The number of carbonyl (C=O) groups excluding carboxylic acids is 3. The van der Waals surface area contributed by atoms with Gasteiger partial charge in [-0.25, -0.2) is 0 Å². The maximum Gasteiger partial charge on any atom is 0.317 e.